The molecule has 0 radical (unpaired) electrons. The Morgan fingerprint density at radius 1 is 1.45 bits per heavy atom. The summed E-state index contributed by atoms with van der Waals surface area (Å²) in [4.78, 5) is 12.1. The van der Waals surface area contributed by atoms with Gasteiger partial charge < -0.3 is 15.2 Å². The molecule has 0 aromatic heterocycles. The van der Waals surface area contributed by atoms with Gasteiger partial charge in [0.05, 0.1) is 0 Å². The van der Waals surface area contributed by atoms with E-state index in [1.165, 1.54) is 0 Å². The first-order chi connectivity index (χ1) is 9.74. The monoisotopic (exact) mass is 273 g/mol. The first-order valence-electron chi connectivity index (χ1n) is 6.82. The van der Waals surface area contributed by atoms with E-state index in [1.54, 1.807) is 24.3 Å². The summed E-state index contributed by atoms with van der Waals surface area (Å²) in [5.41, 5.74) is 0.585. The molecule has 1 aromatic rings. The topological polar surface area (TPSA) is 58.6 Å². The van der Waals surface area contributed by atoms with E-state index >= 15 is 0 Å². The molecular formula is C16H19NO3. The highest BCUT2D eigenvalue weighted by Crippen LogP contribution is 2.34. The van der Waals surface area contributed by atoms with E-state index in [-0.39, 0.29) is 25.2 Å². The van der Waals surface area contributed by atoms with Crippen LogP contribution in [0.15, 0.2) is 24.3 Å². The summed E-state index contributed by atoms with van der Waals surface area (Å²) in [5.74, 6) is 3.44. The Morgan fingerprint density at radius 2 is 2.15 bits per heavy atom. The van der Waals surface area contributed by atoms with Crippen LogP contribution in [0.3, 0.4) is 0 Å². The number of amides is 1. The van der Waals surface area contributed by atoms with Gasteiger partial charge in [-0.25, -0.2) is 0 Å². The molecule has 0 spiro atoms. The van der Waals surface area contributed by atoms with Crippen molar-refractivity contribution < 1.29 is 14.6 Å². The first-order valence-corrected chi connectivity index (χ1v) is 6.82. The van der Waals surface area contributed by atoms with Gasteiger partial charge in [0.2, 0.25) is 0 Å². The van der Waals surface area contributed by atoms with Crippen molar-refractivity contribution in [3.05, 3.63) is 29.8 Å². The van der Waals surface area contributed by atoms with Crippen LogP contribution >= 0.6 is 0 Å². The van der Waals surface area contributed by atoms with Crippen LogP contribution in [0.25, 0.3) is 0 Å². The zero-order chi connectivity index (χ0) is 14.4. The molecule has 1 fully saturated rings. The summed E-state index contributed by atoms with van der Waals surface area (Å²) in [6.45, 7) is 0.312. The van der Waals surface area contributed by atoms with Crippen LogP contribution in [-0.4, -0.2) is 30.3 Å². The fraction of sp³-hybridized carbons (Fsp3) is 0.438. The minimum atomic E-state index is -0.112. The second-order valence-corrected chi connectivity index (χ2v) is 4.95. The maximum Gasteiger partial charge on any atom is 0.251 e. The van der Waals surface area contributed by atoms with Crippen molar-refractivity contribution in [1.29, 1.82) is 0 Å². The molecule has 1 aliphatic carbocycles. The Labute approximate surface area is 119 Å². The van der Waals surface area contributed by atoms with Crippen molar-refractivity contribution >= 4 is 5.91 Å². The van der Waals surface area contributed by atoms with E-state index in [1.807, 2.05) is 0 Å². The number of carbonyl (C=O) groups is 1. The molecule has 1 saturated carbocycles. The molecule has 4 heteroatoms. The Kier molecular flexibility index (Phi) is 5.03. The number of ether oxygens (including phenoxy) is 1. The van der Waals surface area contributed by atoms with Crippen molar-refractivity contribution in [3.63, 3.8) is 0 Å². The fourth-order valence-corrected chi connectivity index (χ4v) is 2.14. The van der Waals surface area contributed by atoms with Gasteiger partial charge in [-0.05, 0) is 49.4 Å². The zero-order valence-electron chi connectivity index (χ0n) is 11.3. The van der Waals surface area contributed by atoms with Gasteiger partial charge in [0.15, 0.2) is 0 Å². The third-order valence-electron chi connectivity index (χ3n) is 3.39. The number of carbonyl (C=O) groups excluding carboxylic acids is 1. The Morgan fingerprint density at radius 3 is 2.70 bits per heavy atom. The van der Waals surface area contributed by atoms with Crippen LogP contribution in [0.4, 0.5) is 0 Å². The highest BCUT2D eigenvalue weighted by Gasteiger charge is 2.31. The van der Waals surface area contributed by atoms with Gasteiger partial charge in [0.25, 0.3) is 5.91 Å². The average Bonchev–Trinajstić information content (AvgIpc) is 3.29. The molecule has 1 atom stereocenters. The third-order valence-corrected chi connectivity index (χ3v) is 3.39. The van der Waals surface area contributed by atoms with E-state index in [0.717, 1.165) is 12.8 Å². The van der Waals surface area contributed by atoms with E-state index in [4.69, 9.17) is 16.3 Å². The van der Waals surface area contributed by atoms with Crippen molar-refractivity contribution in [2.45, 2.75) is 25.3 Å². The number of rotatable bonds is 7. The quantitative estimate of drug-likeness (QED) is 0.742. The number of hydrogen-bond acceptors (Lipinski definition) is 3. The fourth-order valence-electron chi connectivity index (χ4n) is 2.14. The third kappa shape index (κ3) is 4.01. The van der Waals surface area contributed by atoms with E-state index in [2.05, 4.69) is 11.2 Å². The molecule has 106 valence electrons. The van der Waals surface area contributed by atoms with Crippen LogP contribution in [0.1, 0.15) is 29.6 Å². The molecule has 0 bridgehead atoms. The van der Waals surface area contributed by atoms with Crippen molar-refractivity contribution in [1.82, 2.24) is 5.32 Å². The van der Waals surface area contributed by atoms with Crippen LogP contribution in [0.5, 0.6) is 5.75 Å². The second kappa shape index (κ2) is 6.97. The lowest BCUT2D eigenvalue weighted by Gasteiger charge is -2.17. The molecule has 1 amide bonds. The van der Waals surface area contributed by atoms with Crippen molar-refractivity contribution in [2.75, 3.05) is 13.2 Å². The number of aliphatic hydroxyl groups is 1. The maximum absolute atomic E-state index is 12.1. The number of aliphatic hydroxyl groups excluding tert-OH is 1. The van der Waals surface area contributed by atoms with Gasteiger partial charge in [-0.1, -0.05) is 5.92 Å². The molecule has 0 aliphatic heterocycles. The average molecular weight is 273 g/mol. The predicted molar refractivity (Wildman–Crippen MR) is 76.5 cm³/mol. The molecule has 20 heavy (non-hydrogen) atoms. The highest BCUT2D eigenvalue weighted by atomic mass is 16.5. The van der Waals surface area contributed by atoms with Gasteiger partial charge >= 0.3 is 0 Å². The maximum atomic E-state index is 12.1. The van der Waals surface area contributed by atoms with E-state index < -0.39 is 0 Å². The van der Waals surface area contributed by atoms with Crippen LogP contribution < -0.4 is 10.1 Å². The molecule has 0 saturated heterocycles. The minimum Gasteiger partial charge on any atom is -0.481 e. The zero-order valence-corrected chi connectivity index (χ0v) is 11.3. The lowest BCUT2D eigenvalue weighted by atomic mass is 10.1. The SMILES string of the molecule is C#CCOc1ccc(C(=O)NC(CCO)C2CC2)cc1. The molecule has 0 heterocycles. The predicted octanol–water partition coefficient (Wildman–Crippen LogP) is 1.59. The summed E-state index contributed by atoms with van der Waals surface area (Å²) in [5, 5.41) is 12.0. The Bertz CT molecular complexity index is 485. The Balaban J connectivity index is 1.92. The molecular weight excluding hydrogens is 254 g/mol. The lowest BCUT2D eigenvalue weighted by Crippen LogP contribution is -2.37. The van der Waals surface area contributed by atoms with Crippen LogP contribution in [-0.2, 0) is 0 Å². The molecule has 2 rings (SSSR count). The van der Waals surface area contributed by atoms with Gasteiger partial charge in [0, 0.05) is 18.2 Å². The molecule has 4 nitrogen and oxygen atoms in total. The van der Waals surface area contributed by atoms with E-state index in [9.17, 15) is 4.79 Å². The molecule has 1 aliphatic rings. The summed E-state index contributed by atoms with van der Waals surface area (Å²) in [6.07, 6.45) is 7.98. The van der Waals surface area contributed by atoms with Gasteiger partial charge in [0.1, 0.15) is 12.4 Å². The normalized spacial score (nSPS) is 15.2. The van der Waals surface area contributed by atoms with E-state index in [0.29, 0.717) is 23.7 Å². The van der Waals surface area contributed by atoms with Crippen LogP contribution in [0, 0.1) is 18.3 Å². The summed E-state index contributed by atoms with van der Waals surface area (Å²) < 4.78 is 5.26. The number of benzene rings is 1. The number of nitrogens with one attached hydrogen (secondary N) is 1. The van der Waals surface area contributed by atoms with Gasteiger partial charge in [-0.2, -0.15) is 0 Å². The van der Waals surface area contributed by atoms with Gasteiger partial charge in [-0.3, -0.25) is 4.79 Å². The number of hydrogen-bond donors (Lipinski definition) is 2. The van der Waals surface area contributed by atoms with Gasteiger partial charge in [-0.15, -0.1) is 6.42 Å². The largest absolute Gasteiger partial charge is 0.481 e. The van der Waals surface area contributed by atoms with Crippen molar-refractivity contribution in [2.24, 2.45) is 5.92 Å². The lowest BCUT2D eigenvalue weighted by molar-refractivity contribution is 0.0924. The molecule has 1 unspecified atom stereocenters. The second-order valence-electron chi connectivity index (χ2n) is 4.95. The molecule has 2 N–H and O–H groups in total. The summed E-state index contributed by atoms with van der Waals surface area (Å²) >= 11 is 0. The minimum absolute atomic E-state index is 0.0740. The smallest absolute Gasteiger partial charge is 0.251 e. The van der Waals surface area contributed by atoms with Crippen LogP contribution in [0.2, 0.25) is 0 Å². The Hall–Kier alpha value is -1.99. The summed E-state index contributed by atoms with van der Waals surface area (Å²) in [7, 11) is 0. The molecule has 1 aromatic carbocycles. The number of terminal acetylenes is 1. The first kappa shape index (κ1) is 14.4. The standard InChI is InChI=1S/C16H19NO3/c1-2-11-20-14-7-5-13(6-8-14)16(19)17-15(9-10-18)12-3-4-12/h1,5-8,12,15,18H,3-4,9-11H2,(H,17,19). The van der Waals surface area contributed by atoms with Crippen molar-refractivity contribution in [3.8, 4) is 18.1 Å². The summed E-state index contributed by atoms with van der Waals surface area (Å²) in [6, 6.07) is 6.95. The highest BCUT2D eigenvalue weighted by molar-refractivity contribution is 5.94.